The molecule has 1 aliphatic heterocycles. The van der Waals surface area contributed by atoms with Gasteiger partial charge < -0.3 is 16.0 Å². The molecule has 0 radical (unpaired) electrons. The Morgan fingerprint density at radius 3 is 2.42 bits per heavy atom. The monoisotopic (exact) mass is 357 g/mol. The first-order chi connectivity index (χ1) is 12.8. The van der Waals surface area contributed by atoms with Crippen molar-refractivity contribution in [2.75, 3.05) is 39.3 Å². The second kappa shape index (κ2) is 10.5. The van der Waals surface area contributed by atoms with E-state index in [9.17, 15) is 0 Å². The van der Waals surface area contributed by atoms with Crippen LogP contribution in [0.3, 0.4) is 0 Å². The zero-order valence-electron chi connectivity index (χ0n) is 16.1. The molecule has 1 aromatic carbocycles. The topological polar surface area (TPSA) is 56.9 Å². The number of hydrogen-bond donors (Lipinski definition) is 2. The molecule has 1 aromatic rings. The van der Waals surface area contributed by atoms with Gasteiger partial charge in [0.25, 0.3) is 0 Å². The lowest BCUT2D eigenvalue weighted by molar-refractivity contribution is 0.127. The zero-order valence-corrected chi connectivity index (χ0v) is 16.1. The Balaban J connectivity index is 1.27. The third-order valence-electron chi connectivity index (χ3n) is 5.59. The van der Waals surface area contributed by atoms with Crippen molar-refractivity contribution in [2.45, 2.75) is 51.1 Å². The third-order valence-corrected chi connectivity index (χ3v) is 5.59. The van der Waals surface area contributed by atoms with Gasteiger partial charge in [0.05, 0.1) is 0 Å². The number of nitrogens with two attached hydrogens (primary N) is 1. The maximum absolute atomic E-state index is 6.03. The summed E-state index contributed by atoms with van der Waals surface area (Å²) in [6, 6.07) is 11.3. The summed E-state index contributed by atoms with van der Waals surface area (Å²) in [5, 5.41) is 3.39. The zero-order chi connectivity index (χ0) is 18.0. The van der Waals surface area contributed by atoms with Crippen LogP contribution >= 0.6 is 0 Å². The predicted molar refractivity (Wildman–Crippen MR) is 109 cm³/mol. The van der Waals surface area contributed by atoms with Gasteiger partial charge in [-0.05, 0) is 24.8 Å². The summed E-state index contributed by atoms with van der Waals surface area (Å²) in [4.78, 5) is 9.63. The Hall–Kier alpha value is -1.59. The minimum atomic E-state index is 0.546. The van der Waals surface area contributed by atoms with Gasteiger partial charge in [-0.3, -0.25) is 9.89 Å². The minimum absolute atomic E-state index is 0.546. The van der Waals surface area contributed by atoms with Crippen molar-refractivity contribution >= 4 is 5.96 Å². The number of benzene rings is 1. The molecule has 0 bridgehead atoms. The van der Waals surface area contributed by atoms with Crippen molar-refractivity contribution in [3.8, 4) is 0 Å². The van der Waals surface area contributed by atoms with Crippen molar-refractivity contribution in [3.05, 3.63) is 35.9 Å². The molecular formula is C21H35N5. The first kappa shape index (κ1) is 19.2. The van der Waals surface area contributed by atoms with Gasteiger partial charge in [-0.2, -0.15) is 0 Å². The van der Waals surface area contributed by atoms with Gasteiger partial charge in [-0.15, -0.1) is 0 Å². The summed E-state index contributed by atoms with van der Waals surface area (Å²) in [6.07, 6.45) is 7.58. The highest BCUT2D eigenvalue weighted by Gasteiger charge is 2.16. The normalized spacial score (nSPS) is 21.0. The number of nitrogens with zero attached hydrogens (tertiary/aromatic N) is 3. The van der Waals surface area contributed by atoms with E-state index in [1.807, 2.05) is 0 Å². The first-order valence-electron chi connectivity index (χ1n) is 10.3. The molecule has 0 aromatic heterocycles. The molecule has 2 aliphatic rings. The number of piperazine rings is 1. The maximum Gasteiger partial charge on any atom is 0.188 e. The van der Waals surface area contributed by atoms with Crippen LogP contribution in [0.25, 0.3) is 0 Å². The molecule has 2 fully saturated rings. The number of rotatable bonds is 7. The number of nitrogens with one attached hydrogen (secondary N) is 1. The lowest BCUT2D eigenvalue weighted by Crippen LogP contribution is -2.46. The standard InChI is InChI=1S/C21H35N5/c22-21(24-20-10-5-2-6-11-20)23-12-7-13-25-14-16-26(17-15-25)18-19-8-3-1-4-9-19/h1,3-4,8-9,20H,2,5-7,10-18H2,(H3,22,23,24). The van der Waals surface area contributed by atoms with Crippen LogP contribution in [0.2, 0.25) is 0 Å². The molecule has 3 rings (SSSR count). The van der Waals surface area contributed by atoms with Crippen LogP contribution in [0.1, 0.15) is 44.1 Å². The SMILES string of the molecule is NC(=NCCCN1CCN(Cc2ccccc2)CC1)NC1CCCCC1. The van der Waals surface area contributed by atoms with Crippen LogP contribution in [0.15, 0.2) is 35.3 Å². The first-order valence-corrected chi connectivity index (χ1v) is 10.3. The Bertz CT molecular complexity index is 531. The summed E-state index contributed by atoms with van der Waals surface area (Å²) in [5.41, 5.74) is 7.45. The van der Waals surface area contributed by atoms with Crippen molar-refractivity contribution < 1.29 is 0 Å². The molecule has 5 heteroatoms. The molecule has 0 amide bonds. The van der Waals surface area contributed by atoms with E-state index in [-0.39, 0.29) is 0 Å². The van der Waals surface area contributed by atoms with Crippen LogP contribution in [0.4, 0.5) is 0 Å². The average Bonchev–Trinajstić information content (AvgIpc) is 2.68. The molecule has 0 atom stereocenters. The van der Waals surface area contributed by atoms with Crippen LogP contribution in [0, 0.1) is 0 Å². The molecule has 144 valence electrons. The summed E-state index contributed by atoms with van der Waals surface area (Å²) in [5.74, 6) is 0.643. The Kier molecular flexibility index (Phi) is 7.77. The fourth-order valence-electron chi connectivity index (χ4n) is 4.01. The van der Waals surface area contributed by atoms with Crippen molar-refractivity contribution in [1.29, 1.82) is 0 Å². The van der Waals surface area contributed by atoms with Crippen LogP contribution < -0.4 is 11.1 Å². The van der Waals surface area contributed by atoms with E-state index in [4.69, 9.17) is 5.73 Å². The molecule has 1 heterocycles. The van der Waals surface area contributed by atoms with Gasteiger partial charge in [0.2, 0.25) is 0 Å². The van der Waals surface area contributed by atoms with E-state index >= 15 is 0 Å². The van der Waals surface area contributed by atoms with Gasteiger partial charge in [0.15, 0.2) is 5.96 Å². The molecule has 1 aliphatic carbocycles. The summed E-state index contributed by atoms with van der Waals surface area (Å²) < 4.78 is 0. The third kappa shape index (κ3) is 6.61. The maximum atomic E-state index is 6.03. The molecule has 3 N–H and O–H groups in total. The van der Waals surface area contributed by atoms with Crippen LogP contribution in [-0.4, -0.2) is 61.1 Å². The highest BCUT2D eigenvalue weighted by molar-refractivity contribution is 5.78. The highest BCUT2D eigenvalue weighted by Crippen LogP contribution is 2.17. The van der Waals surface area contributed by atoms with Gasteiger partial charge in [0.1, 0.15) is 0 Å². The number of aliphatic imine (C=N–C) groups is 1. The fourth-order valence-corrected chi connectivity index (χ4v) is 4.01. The summed E-state index contributed by atoms with van der Waals surface area (Å²) in [6.45, 7) is 7.66. The molecule has 0 spiro atoms. The molecule has 26 heavy (non-hydrogen) atoms. The molecule has 1 saturated carbocycles. The van der Waals surface area contributed by atoms with E-state index in [1.165, 1.54) is 37.7 Å². The summed E-state index contributed by atoms with van der Waals surface area (Å²) >= 11 is 0. The van der Waals surface area contributed by atoms with E-state index in [0.29, 0.717) is 12.0 Å². The van der Waals surface area contributed by atoms with Crippen molar-refractivity contribution in [1.82, 2.24) is 15.1 Å². The minimum Gasteiger partial charge on any atom is -0.370 e. The largest absolute Gasteiger partial charge is 0.370 e. The fraction of sp³-hybridized carbons (Fsp3) is 0.667. The van der Waals surface area contributed by atoms with E-state index in [0.717, 1.165) is 52.2 Å². The molecule has 1 saturated heterocycles. The second-order valence-electron chi connectivity index (χ2n) is 7.70. The Morgan fingerprint density at radius 1 is 1.00 bits per heavy atom. The van der Waals surface area contributed by atoms with Crippen LogP contribution in [-0.2, 0) is 6.54 Å². The highest BCUT2D eigenvalue weighted by atomic mass is 15.3. The van der Waals surface area contributed by atoms with E-state index in [2.05, 4.69) is 50.4 Å². The van der Waals surface area contributed by atoms with Gasteiger partial charge >= 0.3 is 0 Å². The van der Waals surface area contributed by atoms with E-state index in [1.54, 1.807) is 0 Å². The summed E-state index contributed by atoms with van der Waals surface area (Å²) in [7, 11) is 0. The quantitative estimate of drug-likeness (QED) is 0.447. The van der Waals surface area contributed by atoms with Crippen molar-refractivity contribution in [2.24, 2.45) is 10.7 Å². The smallest absolute Gasteiger partial charge is 0.188 e. The number of guanidine groups is 1. The van der Waals surface area contributed by atoms with Crippen LogP contribution in [0.5, 0.6) is 0 Å². The van der Waals surface area contributed by atoms with Gasteiger partial charge in [-0.1, -0.05) is 49.6 Å². The molecule has 0 unspecified atom stereocenters. The van der Waals surface area contributed by atoms with Gasteiger partial charge in [-0.25, -0.2) is 0 Å². The predicted octanol–water partition coefficient (Wildman–Crippen LogP) is 2.43. The van der Waals surface area contributed by atoms with E-state index < -0.39 is 0 Å². The Morgan fingerprint density at radius 2 is 1.69 bits per heavy atom. The van der Waals surface area contributed by atoms with Gasteiger partial charge in [0, 0.05) is 51.9 Å². The average molecular weight is 358 g/mol. The second-order valence-corrected chi connectivity index (χ2v) is 7.70. The lowest BCUT2D eigenvalue weighted by atomic mass is 9.96. The molecular weight excluding hydrogens is 322 g/mol. The Labute approximate surface area is 158 Å². The number of hydrogen-bond acceptors (Lipinski definition) is 3. The van der Waals surface area contributed by atoms with Crippen molar-refractivity contribution in [3.63, 3.8) is 0 Å². The lowest BCUT2D eigenvalue weighted by Gasteiger charge is -2.34. The molecule has 5 nitrogen and oxygen atoms in total.